The average molecular weight is 712 g/mol. The molecule has 2 fully saturated rings. The van der Waals surface area contributed by atoms with E-state index in [-0.39, 0.29) is 28.9 Å². The molecule has 2 N–H and O–H groups in total. The van der Waals surface area contributed by atoms with Gasteiger partial charge in [0.2, 0.25) is 5.78 Å². The van der Waals surface area contributed by atoms with Crippen LogP contribution in [0, 0.1) is 40.4 Å². The van der Waals surface area contributed by atoms with Crippen LogP contribution >= 0.6 is 0 Å². The molecule has 2 aliphatic rings. The summed E-state index contributed by atoms with van der Waals surface area (Å²) in [5, 5.41) is 7.49. The summed E-state index contributed by atoms with van der Waals surface area (Å²) in [5.41, 5.74) is 4.25. The molecular weight excluding hydrogens is 627 g/mol. The number of nitrogens with zero attached hydrogens (tertiary/aromatic N) is 1. The van der Waals surface area contributed by atoms with Crippen molar-refractivity contribution in [3.8, 4) is 0 Å². The Hall–Kier alpha value is -2.56. The first-order valence-electron chi connectivity index (χ1n) is 20.2. The standard InChI is InChI=1S/C32H57N3.C8H14O2.C4H8.C2H6/c1-15-32(14)26-19-35(29(22(6)7)28(26)32)24(9)30(31(11,12)13)34-25(10)33-27(21(4)5)17-16-23(8)18-20(2)3;1-4-5-6(2)8(10)7(3)9;1-3-4-2;1-2/h20-21,26-30,33-34H,6,8-10,15-19H2,1-5,7,11-14H3;6H,4-5H2,1-3H3;3H,1,4H2,2H3;1-2H3/t26-,27?,28-,29?,30?,32?;;;/m0.../s1. The van der Waals surface area contributed by atoms with E-state index in [4.69, 9.17) is 0 Å². The molecule has 1 saturated heterocycles. The molecule has 5 nitrogen and oxygen atoms in total. The molecule has 51 heavy (non-hydrogen) atoms. The van der Waals surface area contributed by atoms with Crippen LogP contribution in [0.1, 0.15) is 156 Å². The number of carbonyl (C=O) groups is 2. The fourth-order valence-electron chi connectivity index (χ4n) is 7.42. The molecule has 1 aliphatic carbocycles. The molecule has 5 heteroatoms. The number of likely N-dealkylation sites (tertiary alicyclic amines) is 1. The summed E-state index contributed by atoms with van der Waals surface area (Å²) in [4.78, 5) is 24.0. The lowest BCUT2D eigenvalue weighted by atomic mass is 9.83. The summed E-state index contributed by atoms with van der Waals surface area (Å²) < 4.78 is 0. The molecule has 2 rings (SSSR count). The fraction of sp³-hybridized carbons (Fsp3) is 0.739. The first kappa shape index (κ1) is 50.5. The third-order valence-electron chi connectivity index (χ3n) is 10.6. The van der Waals surface area contributed by atoms with E-state index >= 15 is 0 Å². The number of nitrogens with one attached hydrogen (secondary N) is 2. The SMILES string of the molecule is C=C(CCC(NC(=C)NC(C(=C)N1C[C@H]2[C@@H](C1C(=C)C)C2(C)CC)C(C)(C)C)C(C)C)CC(C)C.C=CCC.CC.CCCC(C)C(=O)C(C)=O. The highest BCUT2D eigenvalue weighted by molar-refractivity contribution is 6.36. The zero-order chi connectivity index (χ0) is 40.4. The minimum Gasteiger partial charge on any atom is -0.369 e. The molecule has 0 radical (unpaired) electrons. The van der Waals surface area contributed by atoms with Crippen LogP contribution in [-0.4, -0.2) is 41.1 Å². The van der Waals surface area contributed by atoms with E-state index in [1.54, 1.807) is 6.92 Å². The highest BCUT2D eigenvalue weighted by atomic mass is 16.2. The normalized spacial score (nSPS) is 21.9. The number of piperidine rings is 1. The summed E-state index contributed by atoms with van der Waals surface area (Å²) >= 11 is 0. The first-order valence-corrected chi connectivity index (χ1v) is 20.2. The zero-order valence-electron chi connectivity index (χ0n) is 36.7. The maximum Gasteiger partial charge on any atom is 0.200 e. The van der Waals surface area contributed by atoms with Gasteiger partial charge in [-0.3, -0.25) is 9.59 Å². The molecule has 296 valence electrons. The average Bonchev–Trinajstić information content (AvgIpc) is 3.38. The summed E-state index contributed by atoms with van der Waals surface area (Å²) in [6.45, 7) is 56.5. The van der Waals surface area contributed by atoms with Crippen molar-refractivity contribution in [2.45, 2.75) is 174 Å². The smallest absolute Gasteiger partial charge is 0.200 e. The van der Waals surface area contributed by atoms with Gasteiger partial charge in [-0.25, -0.2) is 0 Å². The summed E-state index contributed by atoms with van der Waals surface area (Å²) in [7, 11) is 0. The van der Waals surface area contributed by atoms with Crippen molar-refractivity contribution < 1.29 is 9.59 Å². The van der Waals surface area contributed by atoms with Crippen molar-refractivity contribution in [3.63, 3.8) is 0 Å². The molecule has 1 saturated carbocycles. The Bertz CT molecular complexity index is 1130. The zero-order valence-corrected chi connectivity index (χ0v) is 36.7. The molecule has 0 amide bonds. The Morgan fingerprint density at radius 1 is 0.941 bits per heavy atom. The minimum atomic E-state index is -0.319. The highest BCUT2D eigenvalue weighted by Gasteiger charge is 2.68. The largest absolute Gasteiger partial charge is 0.369 e. The Morgan fingerprint density at radius 2 is 1.47 bits per heavy atom. The lowest BCUT2D eigenvalue weighted by Crippen LogP contribution is -2.51. The topological polar surface area (TPSA) is 61.4 Å². The highest BCUT2D eigenvalue weighted by Crippen LogP contribution is 2.68. The molecule has 0 aromatic carbocycles. The van der Waals surface area contributed by atoms with Gasteiger partial charge in [-0.05, 0) is 73.5 Å². The number of allylic oxidation sites excluding steroid dienone is 2. The number of ketones is 2. The summed E-state index contributed by atoms with van der Waals surface area (Å²) in [6, 6.07) is 0.847. The molecule has 7 atom stereocenters. The van der Waals surface area contributed by atoms with E-state index in [1.165, 1.54) is 30.2 Å². The van der Waals surface area contributed by atoms with Crippen molar-refractivity contribution in [2.75, 3.05) is 6.54 Å². The van der Waals surface area contributed by atoms with Gasteiger partial charge in [-0.15, -0.1) is 6.58 Å². The Balaban J connectivity index is 0. The van der Waals surface area contributed by atoms with Crippen LogP contribution in [0.5, 0.6) is 0 Å². The molecule has 5 unspecified atom stereocenters. The van der Waals surface area contributed by atoms with Gasteiger partial charge < -0.3 is 15.5 Å². The van der Waals surface area contributed by atoms with Crippen molar-refractivity contribution in [3.05, 3.63) is 61.6 Å². The molecule has 0 aromatic heterocycles. The van der Waals surface area contributed by atoms with E-state index in [0.29, 0.717) is 35.3 Å². The monoisotopic (exact) mass is 712 g/mol. The van der Waals surface area contributed by atoms with Gasteiger partial charge >= 0.3 is 0 Å². The van der Waals surface area contributed by atoms with E-state index in [1.807, 2.05) is 26.8 Å². The molecule has 0 bridgehead atoms. The number of rotatable bonds is 19. The number of fused-ring (bicyclic) bond motifs is 1. The number of hydrogen-bond acceptors (Lipinski definition) is 5. The third-order valence-corrected chi connectivity index (χ3v) is 10.6. The Kier molecular flexibility index (Phi) is 23.7. The predicted molar refractivity (Wildman–Crippen MR) is 227 cm³/mol. The molecule has 1 aliphatic heterocycles. The van der Waals surface area contributed by atoms with Gasteiger partial charge in [-0.2, -0.15) is 0 Å². The lowest BCUT2D eigenvalue weighted by molar-refractivity contribution is -0.137. The third kappa shape index (κ3) is 16.3. The number of carbonyl (C=O) groups excluding carboxylic acids is 2. The van der Waals surface area contributed by atoms with Crippen molar-refractivity contribution in [1.82, 2.24) is 15.5 Å². The van der Waals surface area contributed by atoms with Crippen LogP contribution in [0.2, 0.25) is 0 Å². The second-order valence-electron chi connectivity index (χ2n) is 17.0. The van der Waals surface area contributed by atoms with Gasteiger partial charge in [0.25, 0.3) is 0 Å². The minimum absolute atomic E-state index is 0.00104. The van der Waals surface area contributed by atoms with Gasteiger partial charge in [0.1, 0.15) is 0 Å². The molecule has 0 spiro atoms. The van der Waals surface area contributed by atoms with Gasteiger partial charge in [0.15, 0.2) is 5.78 Å². The van der Waals surface area contributed by atoms with Gasteiger partial charge in [0.05, 0.1) is 17.9 Å². The quantitative estimate of drug-likeness (QED) is 0.103. The van der Waals surface area contributed by atoms with Crippen LogP contribution in [0.15, 0.2) is 61.6 Å². The van der Waals surface area contributed by atoms with Crippen LogP contribution in [0.3, 0.4) is 0 Å². The molecule has 0 aromatic rings. The molecular formula is C46H85N3O2. The van der Waals surface area contributed by atoms with Crippen molar-refractivity contribution >= 4 is 11.6 Å². The van der Waals surface area contributed by atoms with Gasteiger partial charge in [-0.1, -0.05) is 153 Å². The number of Topliss-reactive ketones (excluding diaryl/α,β-unsaturated/α-hetero) is 2. The fourth-order valence-corrected chi connectivity index (χ4v) is 7.42. The Morgan fingerprint density at radius 3 is 1.84 bits per heavy atom. The van der Waals surface area contributed by atoms with Gasteiger partial charge in [0, 0.05) is 31.1 Å². The van der Waals surface area contributed by atoms with Crippen LogP contribution in [0.4, 0.5) is 0 Å². The number of hydrogen-bond donors (Lipinski definition) is 2. The molecule has 1 heterocycles. The maximum atomic E-state index is 10.9. The van der Waals surface area contributed by atoms with E-state index in [9.17, 15) is 9.59 Å². The van der Waals surface area contributed by atoms with Crippen LogP contribution in [-0.2, 0) is 9.59 Å². The predicted octanol–water partition coefficient (Wildman–Crippen LogP) is 12.1. The van der Waals surface area contributed by atoms with E-state index < -0.39 is 0 Å². The Labute approximate surface area is 318 Å². The van der Waals surface area contributed by atoms with E-state index in [2.05, 4.69) is 125 Å². The summed E-state index contributed by atoms with van der Waals surface area (Å²) in [5.74, 6) is 2.89. The van der Waals surface area contributed by atoms with Crippen LogP contribution in [0.25, 0.3) is 0 Å². The van der Waals surface area contributed by atoms with Crippen molar-refractivity contribution in [2.24, 2.45) is 40.4 Å². The maximum absolute atomic E-state index is 10.9. The van der Waals surface area contributed by atoms with Crippen molar-refractivity contribution in [1.29, 1.82) is 0 Å². The summed E-state index contributed by atoms with van der Waals surface area (Å²) in [6.07, 6.45) is 9.22. The van der Waals surface area contributed by atoms with E-state index in [0.717, 1.165) is 56.8 Å². The second-order valence-corrected chi connectivity index (χ2v) is 17.0. The van der Waals surface area contributed by atoms with Crippen LogP contribution < -0.4 is 10.6 Å². The second kappa shape index (κ2) is 23.9. The first-order chi connectivity index (χ1) is 23.5. The lowest BCUT2D eigenvalue weighted by Gasteiger charge is -2.43.